The van der Waals surface area contributed by atoms with E-state index in [4.69, 9.17) is 4.55 Å². The first-order chi connectivity index (χ1) is 19.1. The Morgan fingerprint density at radius 3 is 1.12 bits per heavy atom. The van der Waals surface area contributed by atoms with Gasteiger partial charge in [-0.25, -0.2) is 0 Å². The Labute approximate surface area is 243 Å². The number of carbonyl (C=O) groups is 1. The van der Waals surface area contributed by atoms with Crippen molar-refractivity contribution in [3.05, 3.63) is 0 Å². The van der Waals surface area contributed by atoms with E-state index < -0.39 is 34.1 Å². The summed E-state index contributed by atoms with van der Waals surface area (Å²) >= 11 is 0. The average molecular weight is 601 g/mol. The normalized spacial score (nSPS) is 13.0. The van der Waals surface area contributed by atoms with E-state index in [0.29, 0.717) is 12.8 Å². The molecule has 0 amide bonds. The van der Waals surface area contributed by atoms with Gasteiger partial charge in [0.2, 0.25) is 6.10 Å². The van der Waals surface area contributed by atoms with Gasteiger partial charge in [0.05, 0.1) is 0 Å². The van der Waals surface area contributed by atoms with Gasteiger partial charge in [-0.3, -0.25) is 9.35 Å². The second-order valence-corrected chi connectivity index (χ2v) is 13.0. The fraction of sp³-hybridized carbons (Fsp3) is 0.968. The lowest BCUT2D eigenvalue weighted by Crippen LogP contribution is -2.39. The van der Waals surface area contributed by atoms with E-state index in [-0.39, 0.29) is 6.42 Å². The minimum absolute atomic E-state index is 0.197. The number of alkyl halides is 3. The van der Waals surface area contributed by atoms with Crippen LogP contribution < -0.4 is 0 Å². The van der Waals surface area contributed by atoms with Crippen LogP contribution in [0, 0.1) is 0 Å². The van der Waals surface area contributed by atoms with E-state index in [1.54, 1.807) is 0 Å². The molecule has 0 heterocycles. The second-order valence-electron chi connectivity index (χ2n) is 11.5. The van der Waals surface area contributed by atoms with Crippen LogP contribution in [-0.2, 0) is 19.6 Å². The Bertz CT molecular complexity index is 683. The standard InChI is InChI=1S/C31H59F3O5S/c1-2-3-4-5-6-7-8-9-10-11-12-13-14-15-16-17-18-19-20-21-22-23-24-25-26-27-30(35)39-29(31(32,33)34)28-40(36,37)38/h29H,2-28H2,1H3,(H,36,37,38). The van der Waals surface area contributed by atoms with Crippen LogP contribution >= 0.6 is 0 Å². The molecule has 0 saturated carbocycles. The summed E-state index contributed by atoms with van der Waals surface area (Å²) in [5.41, 5.74) is 0. The van der Waals surface area contributed by atoms with Crippen LogP contribution in [0.15, 0.2) is 0 Å². The van der Waals surface area contributed by atoms with E-state index in [9.17, 15) is 26.4 Å². The highest BCUT2D eigenvalue weighted by molar-refractivity contribution is 7.85. The van der Waals surface area contributed by atoms with Gasteiger partial charge < -0.3 is 4.74 Å². The molecule has 1 unspecified atom stereocenters. The van der Waals surface area contributed by atoms with Crippen LogP contribution in [0.1, 0.15) is 174 Å². The summed E-state index contributed by atoms with van der Waals surface area (Å²) < 4.78 is 72.6. The summed E-state index contributed by atoms with van der Waals surface area (Å²) in [6.45, 7) is 2.27. The lowest BCUT2D eigenvalue weighted by molar-refractivity contribution is -0.215. The zero-order valence-corrected chi connectivity index (χ0v) is 26.1. The van der Waals surface area contributed by atoms with Gasteiger partial charge in [0.1, 0.15) is 5.75 Å². The molecule has 0 spiro atoms. The first-order valence-electron chi connectivity index (χ1n) is 16.3. The van der Waals surface area contributed by atoms with E-state index in [2.05, 4.69) is 11.7 Å². The summed E-state index contributed by atoms with van der Waals surface area (Å²) in [4.78, 5) is 11.6. The number of esters is 1. The number of unbranched alkanes of at least 4 members (excludes halogenated alkanes) is 24. The third-order valence-electron chi connectivity index (χ3n) is 7.49. The first-order valence-corrected chi connectivity index (χ1v) is 17.9. The highest BCUT2D eigenvalue weighted by Gasteiger charge is 2.45. The Kier molecular flexibility index (Phi) is 25.3. The SMILES string of the molecule is CCCCCCCCCCCCCCCCCCCCCCCCCCCC(=O)OC(CS(=O)(=O)O)C(F)(F)F. The molecule has 0 saturated heterocycles. The Morgan fingerprint density at radius 1 is 0.600 bits per heavy atom. The van der Waals surface area contributed by atoms with Gasteiger partial charge in [-0.1, -0.05) is 161 Å². The molecule has 0 aliphatic carbocycles. The summed E-state index contributed by atoms with van der Waals surface area (Å²) in [5.74, 6) is -2.78. The van der Waals surface area contributed by atoms with Crippen molar-refractivity contribution in [1.82, 2.24) is 0 Å². The zero-order valence-electron chi connectivity index (χ0n) is 25.3. The van der Waals surface area contributed by atoms with Crippen LogP contribution in [0.25, 0.3) is 0 Å². The molecule has 240 valence electrons. The van der Waals surface area contributed by atoms with Gasteiger partial charge >= 0.3 is 12.1 Å². The molecule has 0 aromatic rings. The Morgan fingerprint density at radius 2 is 0.875 bits per heavy atom. The molecule has 0 aliphatic rings. The first kappa shape index (κ1) is 39.2. The highest BCUT2D eigenvalue weighted by atomic mass is 32.2. The molecule has 0 radical (unpaired) electrons. The van der Waals surface area contributed by atoms with Crippen molar-refractivity contribution < 1.29 is 35.7 Å². The van der Waals surface area contributed by atoms with Gasteiger partial charge in [-0.2, -0.15) is 21.6 Å². The predicted octanol–water partition coefficient (Wildman–Crippen LogP) is 10.5. The van der Waals surface area contributed by atoms with Crippen molar-refractivity contribution in [2.75, 3.05) is 5.75 Å². The average Bonchev–Trinajstić information content (AvgIpc) is 2.87. The molecule has 0 aliphatic heterocycles. The number of carbonyl (C=O) groups excluding carboxylic acids is 1. The maximum absolute atomic E-state index is 12.8. The largest absolute Gasteiger partial charge is 0.451 e. The second kappa shape index (κ2) is 25.8. The maximum atomic E-state index is 12.8. The third-order valence-corrected chi connectivity index (χ3v) is 8.21. The molecule has 0 aromatic heterocycles. The molecule has 1 N–H and O–H groups in total. The predicted molar refractivity (Wildman–Crippen MR) is 158 cm³/mol. The molecule has 5 nitrogen and oxygen atoms in total. The van der Waals surface area contributed by atoms with Crippen molar-refractivity contribution >= 4 is 16.1 Å². The monoisotopic (exact) mass is 600 g/mol. The fourth-order valence-electron chi connectivity index (χ4n) is 5.01. The van der Waals surface area contributed by atoms with Crippen LogP contribution in [0.4, 0.5) is 13.2 Å². The van der Waals surface area contributed by atoms with Crippen molar-refractivity contribution in [2.24, 2.45) is 0 Å². The van der Waals surface area contributed by atoms with Gasteiger partial charge in [-0.05, 0) is 6.42 Å². The number of hydrogen-bond acceptors (Lipinski definition) is 4. The minimum Gasteiger partial charge on any atom is -0.451 e. The molecule has 0 bridgehead atoms. The molecule has 1 atom stereocenters. The van der Waals surface area contributed by atoms with Crippen molar-refractivity contribution in [2.45, 2.75) is 186 Å². The zero-order chi connectivity index (χ0) is 30.0. The van der Waals surface area contributed by atoms with Gasteiger partial charge in [0, 0.05) is 6.42 Å². The molecular formula is C31H59F3O5S. The molecule has 9 heteroatoms. The molecular weight excluding hydrogens is 541 g/mol. The third kappa shape index (κ3) is 28.7. The molecule has 0 aromatic carbocycles. The van der Waals surface area contributed by atoms with Crippen LogP contribution in [0.5, 0.6) is 0 Å². The summed E-state index contributed by atoms with van der Waals surface area (Å²) in [7, 11) is -4.91. The summed E-state index contributed by atoms with van der Waals surface area (Å²) in [5, 5.41) is 0. The molecule has 0 fully saturated rings. The number of rotatable bonds is 29. The number of hydrogen-bond donors (Lipinski definition) is 1. The van der Waals surface area contributed by atoms with Gasteiger partial charge in [-0.15, -0.1) is 0 Å². The minimum atomic E-state index is -5.04. The van der Waals surface area contributed by atoms with Crippen molar-refractivity contribution in [1.29, 1.82) is 0 Å². The van der Waals surface area contributed by atoms with Crippen molar-refractivity contribution in [3.63, 3.8) is 0 Å². The smallest absolute Gasteiger partial charge is 0.426 e. The van der Waals surface area contributed by atoms with Gasteiger partial charge in [0.15, 0.2) is 0 Å². The van der Waals surface area contributed by atoms with E-state index in [1.165, 1.54) is 128 Å². The van der Waals surface area contributed by atoms with Gasteiger partial charge in [0.25, 0.3) is 10.1 Å². The van der Waals surface area contributed by atoms with E-state index in [1.807, 2.05) is 0 Å². The lowest BCUT2D eigenvalue weighted by atomic mass is 10.0. The number of halogens is 3. The van der Waals surface area contributed by atoms with Crippen LogP contribution in [0.3, 0.4) is 0 Å². The highest BCUT2D eigenvalue weighted by Crippen LogP contribution is 2.25. The Balaban J connectivity index is 3.37. The summed E-state index contributed by atoms with van der Waals surface area (Å²) in [6, 6.07) is 0. The maximum Gasteiger partial charge on any atom is 0.426 e. The molecule has 40 heavy (non-hydrogen) atoms. The quantitative estimate of drug-likeness (QED) is 0.0525. The van der Waals surface area contributed by atoms with E-state index >= 15 is 0 Å². The van der Waals surface area contributed by atoms with Crippen LogP contribution in [-0.4, -0.2) is 37.0 Å². The van der Waals surface area contributed by atoms with Crippen LogP contribution in [0.2, 0.25) is 0 Å². The lowest BCUT2D eigenvalue weighted by Gasteiger charge is -2.19. The van der Waals surface area contributed by atoms with E-state index in [0.717, 1.165) is 19.3 Å². The Hall–Kier alpha value is -0.830. The topological polar surface area (TPSA) is 80.7 Å². The number of ether oxygens (including phenoxy) is 1. The van der Waals surface area contributed by atoms with Crippen molar-refractivity contribution in [3.8, 4) is 0 Å². The fourth-order valence-corrected chi connectivity index (χ4v) is 5.65. The summed E-state index contributed by atoms with van der Waals surface area (Å²) in [6.07, 6.45) is 23.4. The molecule has 0 rings (SSSR count).